The number of hydrogen-bond acceptors (Lipinski definition) is 6. The van der Waals surface area contributed by atoms with Crippen LogP contribution in [0, 0.1) is 4.77 Å². The van der Waals surface area contributed by atoms with Gasteiger partial charge in [0, 0.05) is 38.4 Å². The molecule has 0 atom stereocenters. The van der Waals surface area contributed by atoms with Crippen LogP contribution < -0.4 is 9.47 Å². The van der Waals surface area contributed by atoms with E-state index >= 15 is 0 Å². The lowest BCUT2D eigenvalue weighted by Gasteiger charge is -2.34. The molecule has 0 saturated carbocycles. The predicted molar refractivity (Wildman–Crippen MR) is 112 cm³/mol. The Morgan fingerprint density at radius 3 is 2.41 bits per heavy atom. The summed E-state index contributed by atoms with van der Waals surface area (Å²) in [5.41, 5.74) is 2.30. The van der Waals surface area contributed by atoms with Crippen molar-refractivity contribution >= 4 is 12.2 Å². The number of rotatable bonds is 5. The zero-order chi connectivity index (χ0) is 19.6. The number of aromatic nitrogens is 3. The van der Waals surface area contributed by atoms with Gasteiger partial charge in [0.25, 0.3) is 0 Å². The molecule has 150 valence electrons. The van der Waals surface area contributed by atoms with Crippen molar-refractivity contribution in [3.05, 3.63) is 64.7 Å². The maximum atomic E-state index is 5.49. The SMILES string of the molecule is S=c1[nH]nc(CN2CCN(Cc3ccc4c(c3)OCO4)CC2)n1-c1ccccc1. The van der Waals surface area contributed by atoms with E-state index in [4.69, 9.17) is 21.7 Å². The highest BCUT2D eigenvalue weighted by Crippen LogP contribution is 2.32. The van der Waals surface area contributed by atoms with Crippen molar-refractivity contribution in [2.45, 2.75) is 13.1 Å². The van der Waals surface area contributed by atoms with E-state index in [-0.39, 0.29) is 0 Å². The molecule has 8 heteroatoms. The second kappa shape index (κ2) is 7.98. The zero-order valence-corrected chi connectivity index (χ0v) is 16.9. The topological polar surface area (TPSA) is 58.6 Å². The lowest BCUT2D eigenvalue weighted by atomic mass is 10.1. The molecule has 0 aliphatic carbocycles. The van der Waals surface area contributed by atoms with Gasteiger partial charge in [-0.1, -0.05) is 24.3 Å². The molecular weight excluding hydrogens is 386 g/mol. The Morgan fingerprint density at radius 1 is 0.897 bits per heavy atom. The molecule has 1 N–H and O–H groups in total. The third kappa shape index (κ3) is 3.91. The lowest BCUT2D eigenvalue weighted by molar-refractivity contribution is 0.119. The number of H-pyrrole nitrogens is 1. The van der Waals surface area contributed by atoms with E-state index < -0.39 is 0 Å². The summed E-state index contributed by atoms with van der Waals surface area (Å²) >= 11 is 5.45. The van der Waals surface area contributed by atoms with E-state index in [0.29, 0.717) is 11.6 Å². The van der Waals surface area contributed by atoms with Gasteiger partial charge in [-0.3, -0.25) is 19.5 Å². The molecule has 2 aromatic carbocycles. The second-order valence-corrected chi connectivity index (χ2v) is 7.74. The molecule has 0 unspecified atom stereocenters. The summed E-state index contributed by atoms with van der Waals surface area (Å²) in [6, 6.07) is 16.4. The van der Waals surface area contributed by atoms with Crippen LogP contribution in [0.3, 0.4) is 0 Å². The summed E-state index contributed by atoms with van der Waals surface area (Å²) in [5.74, 6) is 2.64. The first-order chi connectivity index (χ1) is 14.3. The number of benzene rings is 2. The van der Waals surface area contributed by atoms with Crippen LogP contribution in [0.2, 0.25) is 0 Å². The number of nitrogens with zero attached hydrogens (tertiary/aromatic N) is 4. The van der Waals surface area contributed by atoms with Crippen LogP contribution in [0.5, 0.6) is 11.5 Å². The highest BCUT2D eigenvalue weighted by atomic mass is 32.1. The van der Waals surface area contributed by atoms with E-state index in [1.165, 1.54) is 5.56 Å². The first-order valence-corrected chi connectivity index (χ1v) is 10.2. The number of ether oxygens (including phenoxy) is 2. The Morgan fingerprint density at radius 2 is 1.62 bits per heavy atom. The monoisotopic (exact) mass is 409 g/mol. The molecule has 2 aliphatic rings. The molecule has 0 amide bonds. The fourth-order valence-corrected chi connectivity index (χ4v) is 4.14. The molecular formula is C21H23N5O2S. The van der Waals surface area contributed by atoms with E-state index in [9.17, 15) is 0 Å². The van der Waals surface area contributed by atoms with Crippen LogP contribution in [-0.2, 0) is 13.1 Å². The van der Waals surface area contributed by atoms with Gasteiger partial charge in [0.2, 0.25) is 6.79 Å². The van der Waals surface area contributed by atoms with Gasteiger partial charge in [-0.25, -0.2) is 0 Å². The van der Waals surface area contributed by atoms with Crippen LogP contribution in [-0.4, -0.2) is 57.5 Å². The molecule has 5 rings (SSSR count). The van der Waals surface area contributed by atoms with Crippen LogP contribution >= 0.6 is 12.2 Å². The normalized spacial score (nSPS) is 17.0. The third-order valence-corrected chi connectivity index (χ3v) is 5.70. The zero-order valence-electron chi connectivity index (χ0n) is 16.1. The summed E-state index contributed by atoms with van der Waals surface area (Å²) in [5, 5.41) is 7.41. The minimum absolute atomic E-state index is 0.319. The number of fused-ring (bicyclic) bond motifs is 1. The summed E-state index contributed by atoms with van der Waals surface area (Å²) in [6.07, 6.45) is 0. The number of aromatic amines is 1. The second-order valence-electron chi connectivity index (χ2n) is 7.36. The molecule has 1 saturated heterocycles. The average molecular weight is 410 g/mol. The van der Waals surface area contributed by atoms with Gasteiger partial charge in [0.05, 0.1) is 6.54 Å². The fraction of sp³-hybridized carbons (Fsp3) is 0.333. The maximum Gasteiger partial charge on any atom is 0.231 e. The van der Waals surface area contributed by atoms with Crippen LogP contribution in [0.25, 0.3) is 5.69 Å². The molecule has 0 bridgehead atoms. The molecule has 2 aliphatic heterocycles. The van der Waals surface area contributed by atoms with Crippen molar-refractivity contribution in [3.8, 4) is 17.2 Å². The molecule has 29 heavy (non-hydrogen) atoms. The van der Waals surface area contributed by atoms with Gasteiger partial charge >= 0.3 is 0 Å². The van der Waals surface area contributed by atoms with Crippen molar-refractivity contribution in [1.82, 2.24) is 24.6 Å². The fourth-order valence-electron chi connectivity index (χ4n) is 3.88. The number of nitrogens with one attached hydrogen (secondary N) is 1. The lowest BCUT2D eigenvalue weighted by Crippen LogP contribution is -2.45. The third-order valence-electron chi connectivity index (χ3n) is 5.43. The highest BCUT2D eigenvalue weighted by molar-refractivity contribution is 7.71. The first kappa shape index (κ1) is 18.4. The highest BCUT2D eigenvalue weighted by Gasteiger charge is 2.21. The number of piperazine rings is 1. The smallest absolute Gasteiger partial charge is 0.231 e. The Labute approximate surface area is 174 Å². The Bertz CT molecular complexity index is 1040. The van der Waals surface area contributed by atoms with Crippen LogP contribution in [0.1, 0.15) is 11.4 Å². The van der Waals surface area contributed by atoms with Crippen molar-refractivity contribution in [2.24, 2.45) is 0 Å². The van der Waals surface area contributed by atoms with Crippen LogP contribution in [0.15, 0.2) is 48.5 Å². The van der Waals surface area contributed by atoms with Gasteiger partial charge in [-0.2, -0.15) is 5.10 Å². The number of hydrogen-bond donors (Lipinski definition) is 1. The molecule has 0 radical (unpaired) electrons. The van der Waals surface area contributed by atoms with E-state index in [1.807, 2.05) is 28.8 Å². The van der Waals surface area contributed by atoms with Gasteiger partial charge in [0.15, 0.2) is 16.3 Å². The first-order valence-electron chi connectivity index (χ1n) is 9.81. The number of para-hydroxylation sites is 1. The summed E-state index contributed by atoms with van der Waals surface area (Å²) < 4.78 is 13.5. The Kier molecular flexibility index (Phi) is 5.05. The largest absolute Gasteiger partial charge is 0.454 e. The van der Waals surface area contributed by atoms with Crippen molar-refractivity contribution in [1.29, 1.82) is 0 Å². The van der Waals surface area contributed by atoms with Gasteiger partial charge in [-0.15, -0.1) is 0 Å². The predicted octanol–water partition coefficient (Wildman–Crippen LogP) is 2.98. The van der Waals surface area contributed by atoms with Gasteiger partial charge in [-0.05, 0) is 42.0 Å². The van der Waals surface area contributed by atoms with E-state index in [2.05, 4.69) is 44.3 Å². The van der Waals surface area contributed by atoms with E-state index in [0.717, 1.165) is 62.3 Å². The molecule has 0 spiro atoms. The average Bonchev–Trinajstić information content (AvgIpc) is 3.36. The maximum absolute atomic E-state index is 5.49. The molecule has 1 fully saturated rings. The minimum atomic E-state index is 0.319. The molecule has 3 aromatic rings. The summed E-state index contributed by atoms with van der Waals surface area (Å²) in [4.78, 5) is 4.91. The summed E-state index contributed by atoms with van der Waals surface area (Å²) in [6.45, 7) is 6.06. The van der Waals surface area contributed by atoms with Gasteiger partial charge in [0.1, 0.15) is 5.82 Å². The van der Waals surface area contributed by atoms with Crippen LogP contribution in [0.4, 0.5) is 0 Å². The Balaban J connectivity index is 1.20. The van der Waals surface area contributed by atoms with Crippen molar-refractivity contribution in [3.63, 3.8) is 0 Å². The molecule has 7 nitrogen and oxygen atoms in total. The summed E-state index contributed by atoms with van der Waals surface area (Å²) in [7, 11) is 0. The quantitative estimate of drug-likeness (QED) is 0.654. The molecule has 3 heterocycles. The molecule has 1 aromatic heterocycles. The minimum Gasteiger partial charge on any atom is -0.454 e. The van der Waals surface area contributed by atoms with E-state index in [1.54, 1.807) is 0 Å². The van der Waals surface area contributed by atoms with Gasteiger partial charge < -0.3 is 9.47 Å². The van der Waals surface area contributed by atoms with Crippen molar-refractivity contribution < 1.29 is 9.47 Å². The Hall–Kier alpha value is -2.68. The standard InChI is InChI=1S/C21H23N5O2S/c29-21-23-22-20(26(21)17-4-2-1-3-5-17)14-25-10-8-24(9-11-25)13-16-6-7-18-19(12-16)28-15-27-18/h1-7,12H,8-11,13-15H2,(H,23,29). The van der Waals surface area contributed by atoms with Crippen molar-refractivity contribution in [2.75, 3.05) is 33.0 Å².